The number of pyridine rings is 1. The quantitative estimate of drug-likeness (QED) is 0.443. The summed E-state index contributed by atoms with van der Waals surface area (Å²) in [5.74, 6) is 0.00134. The van der Waals surface area contributed by atoms with E-state index in [1.807, 2.05) is 24.3 Å². The average Bonchev–Trinajstić information content (AvgIpc) is 3.32. The highest BCUT2D eigenvalue weighted by Crippen LogP contribution is 2.41. The number of fused-ring (bicyclic) bond motifs is 1. The van der Waals surface area contributed by atoms with Crippen LogP contribution in [0.2, 0.25) is 5.15 Å². The van der Waals surface area contributed by atoms with Crippen molar-refractivity contribution in [1.29, 1.82) is 0 Å². The number of amides is 1. The number of halogens is 1. The third kappa shape index (κ3) is 3.52. The molecule has 1 aromatic carbocycles. The van der Waals surface area contributed by atoms with Crippen molar-refractivity contribution in [2.75, 3.05) is 18.6 Å². The first-order valence-corrected chi connectivity index (χ1v) is 9.85. The van der Waals surface area contributed by atoms with Gasteiger partial charge in [0.2, 0.25) is 0 Å². The minimum Gasteiger partial charge on any atom is -0.497 e. The molecule has 2 aromatic heterocycles. The fraction of sp³-hybridized carbons (Fsp3) is 0.227. The zero-order valence-corrected chi connectivity index (χ0v) is 17.3. The van der Waals surface area contributed by atoms with Crippen LogP contribution in [0.3, 0.4) is 0 Å². The smallest absolute Gasteiger partial charge is 0.354 e. The van der Waals surface area contributed by atoms with E-state index < -0.39 is 12.0 Å². The molecule has 0 N–H and O–H groups in total. The predicted molar refractivity (Wildman–Crippen MR) is 112 cm³/mol. The molecule has 0 spiro atoms. The van der Waals surface area contributed by atoms with Gasteiger partial charge in [0, 0.05) is 18.0 Å². The van der Waals surface area contributed by atoms with E-state index in [1.54, 1.807) is 54.1 Å². The Morgan fingerprint density at radius 2 is 2.07 bits per heavy atom. The number of methoxy groups -OCH3 is 1. The molecule has 1 aliphatic heterocycles. The minimum absolute atomic E-state index is 0.157. The maximum Gasteiger partial charge on any atom is 0.354 e. The Hall–Kier alpha value is -3.32. The molecule has 1 aliphatic rings. The number of aromatic nitrogens is 2. The van der Waals surface area contributed by atoms with Crippen LogP contribution in [0.1, 0.15) is 34.6 Å². The van der Waals surface area contributed by atoms with Gasteiger partial charge in [-0.2, -0.15) is 0 Å². The Kier molecular flexibility index (Phi) is 5.46. The predicted octanol–water partition coefficient (Wildman–Crippen LogP) is 3.86. The van der Waals surface area contributed by atoms with Gasteiger partial charge in [0.05, 0.1) is 25.9 Å². The second kappa shape index (κ2) is 8.20. The number of carbonyl (C=O) groups is 2. The molecule has 1 amide bonds. The van der Waals surface area contributed by atoms with E-state index in [2.05, 4.69) is 4.98 Å². The molecule has 0 saturated heterocycles. The van der Waals surface area contributed by atoms with E-state index in [9.17, 15) is 9.59 Å². The van der Waals surface area contributed by atoms with Crippen molar-refractivity contribution in [3.8, 4) is 5.75 Å². The third-order valence-electron chi connectivity index (χ3n) is 4.99. The monoisotopic (exact) mass is 425 g/mol. The molecule has 8 heteroatoms. The van der Waals surface area contributed by atoms with Gasteiger partial charge in [-0.15, -0.1) is 0 Å². The number of hydrogen-bond acceptors (Lipinski definition) is 5. The van der Waals surface area contributed by atoms with E-state index in [0.717, 1.165) is 16.8 Å². The van der Waals surface area contributed by atoms with Crippen LogP contribution >= 0.6 is 11.6 Å². The van der Waals surface area contributed by atoms with Gasteiger partial charge in [-0.3, -0.25) is 4.79 Å². The number of nitrogens with zero attached hydrogens (tertiary/aromatic N) is 3. The molecule has 3 aromatic rings. The maximum atomic E-state index is 13.5. The van der Waals surface area contributed by atoms with Crippen LogP contribution in [0.25, 0.3) is 0 Å². The van der Waals surface area contributed by atoms with E-state index >= 15 is 0 Å². The molecule has 154 valence electrons. The van der Waals surface area contributed by atoms with Gasteiger partial charge < -0.3 is 18.9 Å². The number of rotatable bonds is 6. The SMILES string of the molecule is CCOC(=O)c1cccn1C1C(=O)N(Cc2ccc(Cl)nc2)c2ccc(OC)cc21. The number of esters is 1. The third-order valence-corrected chi connectivity index (χ3v) is 5.21. The fourth-order valence-electron chi connectivity index (χ4n) is 3.64. The normalized spacial score (nSPS) is 15.2. The van der Waals surface area contributed by atoms with Gasteiger partial charge in [-0.05, 0) is 48.9 Å². The molecule has 3 heterocycles. The lowest BCUT2D eigenvalue weighted by Gasteiger charge is -2.19. The summed E-state index contributed by atoms with van der Waals surface area (Å²) >= 11 is 5.88. The Morgan fingerprint density at radius 1 is 1.23 bits per heavy atom. The van der Waals surface area contributed by atoms with Gasteiger partial charge in [0.15, 0.2) is 0 Å². The maximum absolute atomic E-state index is 13.5. The average molecular weight is 426 g/mol. The van der Waals surface area contributed by atoms with Gasteiger partial charge in [0.1, 0.15) is 22.6 Å². The second-order valence-electron chi connectivity index (χ2n) is 6.76. The first-order chi connectivity index (χ1) is 14.5. The highest BCUT2D eigenvalue weighted by molar-refractivity contribution is 6.29. The zero-order chi connectivity index (χ0) is 21.3. The van der Waals surface area contributed by atoms with Crippen LogP contribution in [-0.2, 0) is 16.1 Å². The van der Waals surface area contributed by atoms with Crippen molar-refractivity contribution in [3.63, 3.8) is 0 Å². The second-order valence-corrected chi connectivity index (χ2v) is 7.15. The van der Waals surface area contributed by atoms with Crippen molar-refractivity contribution in [3.05, 3.63) is 76.8 Å². The summed E-state index contributed by atoms with van der Waals surface area (Å²) in [7, 11) is 1.57. The van der Waals surface area contributed by atoms with Crippen molar-refractivity contribution in [1.82, 2.24) is 9.55 Å². The number of carbonyl (C=O) groups excluding carboxylic acids is 2. The lowest BCUT2D eigenvalue weighted by atomic mass is 10.1. The van der Waals surface area contributed by atoms with Crippen molar-refractivity contribution in [2.24, 2.45) is 0 Å². The van der Waals surface area contributed by atoms with Gasteiger partial charge in [-0.1, -0.05) is 17.7 Å². The summed E-state index contributed by atoms with van der Waals surface area (Å²) in [5.41, 5.74) is 2.67. The summed E-state index contributed by atoms with van der Waals surface area (Å²) < 4.78 is 12.2. The fourth-order valence-corrected chi connectivity index (χ4v) is 3.75. The lowest BCUT2D eigenvalue weighted by molar-refractivity contribution is -0.120. The van der Waals surface area contributed by atoms with Gasteiger partial charge >= 0.3 is 5.97 Å². The lowest BCUT2D eigenvalue weighted by Crippen LogP contribution is -2.31. The molecule has 1 atom stereocenters. The van der Waals surface area contributed by atoms with Gasteiger partial charge in [-0.25, -0.2) is 9.78 Å². The molecule has 4 rings (SSSR count). The molecule has 0 saturated carbocycles. The molecule has 1 unspecified atom stereocenters. The molecular weight excluding hydrogens is 406 g/mol. The highest BCUT2D eigenvalue weighted by Gasteiger charge is 2.40. The number of ether oxygens (including phenoxy) is 2. The molecular formula is C22H20ClN3O4. The van der Waals surface area contributed by atoms with Crippen LogP contribution in [0.4, 0.5) is 5.69 Å². The molecule has 0 aliphatic carbocycles. The number of hydrogen-bond donors (Lipinski definition) is 0. The van der Waals surface area contributed by atoms with Crippen LogP contribution in [0.15, 0.2) is 54.9 Å². The number of benzene rings is 1. The van der Waals surface area contributed by atoms with Crippen molar-refractivity contribution >= 4 is 29.2 Å². The Balaban J connectivity index is 1.77. The molecule has 0 bridgehead atoms. The summed E-state index contributed by atoms with van der Waals surface area (Å²) in [6, 6.07) is 11.7. The summed E-state index contributed by atoms with van der Waals surface area (Å²) in [5, 5.41) is 0.390. The Morgan fingerprint density at radius 3 is 2.77 bits per heavy atom. The van der Waals surface area contributed by atoms with Crippen LogP contribution in [0.5, 0.6) is 5.75 Å². The van der Waals surface area contributed by atoms with E-state index in [0.29, 0.717) is 23.1 Å². The summed E-state index contributed by atoms with van der Waals surface area (Å²) in [4.78, 5) is 31.7. The standard InChI is InChI=1S/C22H20ClN3O4/c1-3-30-22(28)18-5-4-10-25(18)20-16-11-15(29-2)7-8-17(16)26(21(20)27)13-14-6-9-19(23)24-12-14/h4-12,20H,3,13H2,1-2H3. The van der Waals surface area contributed by atoms with Crippen molar-refractivity contribution in [2.45, 2.75) is 19.5 Å². The molecule has 0 fully saturated rings. The molecule has 7 nitrogen and oxygen atoms in total. The highest BCUT2D eigenvalue weighted by atomic mass is 35.5. The minimum atomic E-state index is -0.704. The van der Waals surface area contributed by atoms with E-state index in [4.69, 9.17) is 21.1 Å². The topological polar surface area (TPSA) is 73.7 Å². The Bertz CT molecular complexity index is 1090. The molecule has 30 heavy (non-hydrogen) atoms. The van der Waals surface area contributed by atoms with Crippen LogP contribution < -0.4 is 9.64 Å². The summed E-state index contributed by atoms with van der Waals surface area (Å²) in [6.45, 7) is 2.32. The largest absolute Gasteiger partial charge is 0.497 e. The summed E-state index contributed by atoms with van der Waals surface area (Å²) in [6.07, 6.45) is 3.36. The Labute approximate surface area is 178 Å². The van der Waals surface area contributed by atoms with Crippen LogP contribution in [-0.4, -0.2) is 35.1 Å². The van der Waals surface area contributed by atoms with E-state index in [-0.39, 0.29) is 12.5 Å². The first-order valence-electron chi connectivity index (χ1n) is 9.47. The molecule has 0 radical (unpaired) electrons. The van der Waals surface area contributed by atoms with Gasteiger partial charge in [0.25, 0.3) is 5.91 Å². The van der Waals surface area contributed by atoms with E-state index in [1.165, 1.54) is 0 Å². The zero-order valence-electron chi connectivity index (χ0n) is 16.5. The number of anilines is 1. The first kappa shape index (κ1) is 20.0. The van der Waals surface area contributed by atoms with Crippen molar-refractivity contribution < 1.29 is 19.1 Å². The van der Waals surface area contributed by atoms with Crippen LogP contribution in [0, 0.1) is 0 Å².